The molecule has 1 aromatic heterocycles. The summed E-state index contributed by atoms with van der Waals surface area (Å²) in [6.07, 6.45) is -2.87. The average Bonchev–Trinajstić information content (AvgIpc) is 2.81. The van der Waals surface area contributed by atoms with Gasteiger partial charge in [-0.1, -0.05) is 22.0 Å². The van der Waals surface area contributed by atoms with E-state index >= 15 is 0 Å². The lowest BCUT2D eigenvalue weighted by Crippen LogP contribution is -2.08. The van der Waals surface area contributed by atoms with Gasteiger partial charge >= 0.3 is 6.18 Å². The first-order valence-corrected chi connectivity index (χ1v) is 7.10. The number of nitrogens with zero attached hydrogens (tertiary/aromatic N) is 2. The maximum Gasteiger partial charge on any atom is 0.416 e. The van der Waals surface area contributed by atoms with E-state index in [9.17, 15) is 17.6 Å². The van der Waals surface area contributed by atoms with Crippen molar-refractivity contribution in [3.05, 3.63) is 64.0 Å². The van der Waals surface area contributed by atoms with Gasteiger partial charge in [0.05, 0.1) is 17.6 Å². The zero-order valence-electron chi connectivity index (χ0n) is 11.0. The van der Waals surface area contributed by atoms with Gasteiger partial charge in [-0.2, -0.15) is 18.3 Å². The van der Waals surface area contributed by atoms with Gasteiger partial charge in [0, 0.05) is 16.1 Å². The molecule has 0 saturated heterocycles. The van der Waals surface area contributed by atoms with Crippen LogP contribution >= 0.6 is 15.9 Å². The summed E-state index contributed by atoms with van der Waals surface area (Å²) in [6, 6.07) is 7.95. The van der Waals surface area contributed by atoms with Crippen molar-refractivity contribution >= 4 is 26.8 Å². The maximum absolute atomic E-state index is 13.4. The van der Waals surface area contributed by atoms with Crippen LogP contribution in [0.2, 0.25) is 0 Å². The van der Waals surface area contributed by atoms with E-state index in [0.29, 0.717) is 11.6 Å². The minimum absolute atomic E-state index is 0.0575. The summed E-state index contributed by atoms with van der Waals surface area (Å²) < 4.78 is 53.9. The Labute approximate surface area is 131 Å². The van der Waals surface area contributed by atoms with Gasteiger partial charge in [0.1, 0.15) is 5.82 Å². The van der Waals surface area contributed by atoms with Crippen molar-refractivity contribution in [1.29, 1.82) is 0 Å². The number of alkyl halides is 3. The Kier molecular flexibility index (Phi) is 3.68. The highest BCUT2D eigenvalue weighted by Crippen LogP contribution is 2.30. The molecule has 7 heteroatoms. The van der Waals surface area contributed by atoms with Crippen LogP contribution in [0.3, 0.4) is 0 Å². The zero-order chi connectivity index (χ0) is 15.9. The van der Waals surface area contributed by atoms with Crippen LogP contribution in [0, 0.1) is 5.82 Å². The minimum Gasteiger partial charge on any atom is -0.267 e. The molecule has 22 heavy (non-hydrogen) atoms. The quantitative estimate of drug-likeness (QED) is 0.578. The smallest absolute Gasteiger partial charge is 0.267 e. The molecule has 0 atom stereocenters. The lowest BCUT2D eigenvalue weighted by molar-refractivity contribution is -0.137. The molecule has 0 fully saturated rings. The monoisotopic (exact) mass is 372 g/mol. The van der Waals surface area contributed by atoms with Crippen LogP contribution in [-0.2, 0) is 12.7 Å². The SMILES string of the molecule is Fc1cc(Cn2cc3c(Br)cccc3n2)cc(C(F)(F)F)c1. The second-order valence-electron chi connectivity index (χ2n) is 4.85. The summed E-state index contributed by atoms with van der Waals surface area (Å²) in [5.74, 6) is -0.914. The predicted octanol–water partition coefficient (Wildman–Crippen LogP) is 5.01. The Morgan fingerprint density at radius 1 is 1.14 bits per heavy atom. The lowest BCUT2D eigenvalue weighted by Gasteiger charge is -2.09. The van der Waals surface area contributed by atoms with E-state index in [-0.39, 0.29) is 12.1 Å². The van der Waals surface area contributed by atoms with Crippen LogP contribution in [0.1, 0.15) is 11.1 Å². The first-order chi connectivity index (χ1) is 10.3. The molecule has 3 rings (SSSR count). The molecule has 0 aliphatic carbocycles. The molecule has 0 N–H and O–H groups in total. The minimum atomic E-state index is -4.57. The van der Waals surface area contributed by atoms with E-state index in [1.807, 2.05) is 12.1 Å². The normalized spacial score (nSPS) is 12.0. The summed E-state index contributed by atoms with van der Waals surface area (Å²) >= 11 is 3.38. The van der Waals surface area contributed by atoms with Crippen LogP contribution in [0.15, 0.2) is 47.1 Å². The second kappa shape index (κ2) is 5.39. The Morgan fingerprint density at radius 2 is 1.91 bits per heavy atom. The van der Waals surface area contributed by atoms with Crippen LogP contribution in [-0.4, -0.2) is 9.78 Å². The third-order valence-electron chi connectivity index (χ3n) is 3.17. The number of hydrogen-bond acceptors (Lipinski definition) is 1. The van der Waals surface area contributed by atoms with Crippen molar-refractivity contribution in [2.45, 2.75) is 12.7 Å². The molecule has 0 bridgehead atoms. The Balaban J connectivity index is 1.98. The summed E-state index contributed by atoms with van der Waals surface area (Å²) in [5, 5.41) is 5.12. The Hall–Kier alpha value is -1.89. The number of aromatic nitrogens is 2. The van der Waals surface area contributed by atoms with Crippen molar-refractivity contribution in [3.63, 3.8) is 0 Å². The number of hydrogen-bond donors (Lipinski definition) is 0. The summed E-state index contributed by atoms with van der Waals surface area (Å²) in [4.78, 5) is 0. The summed E-state index contributed by atoms with van der Waals surface area (Å²) in [7, 11) is 0. The summed E-state index contributed by atoms with van der Waals surface area (Å²) in [5.41, 5.74) is -0.0848. The highest BCUT2D eigenvalue weighted by Gasteiger charge is 2.31. The summed E-state index contributed by atoms with van der Waals surface area (Å²) in [6.45, 7) is 0.0575. The third-order valence-corrected chi connectivity index (χ3v) is 3.87. The average molecular weight is 373 g/mol. The van der Waals surface area contributed by atoms with Crippen molar-refractivity contribution in [2.24, 2.45) is 0 Å². The first kappa shape index (κ1) is 15.0. The molecule has 0 unspecified atom stereocenters. The van der Waals surface area contributed by atoms with Crippen molar-refractivity contribution in [1.82, 2.24) is 9.78 Å². The van der Waals surface area contributed by atoms with Crippen LogP contribution in [0.5, 0.6) is 0 Å². The van der Waals surface area contributed by atoms with Gasteiger partial charge in [0.2, 0.25) is 0 Å². The van der Waals surface area contributed by atoms with Gasteiger partial charge in [-0.3, -0.25) is 4.68 Å². The standard InChI is InChI=1S/C15H9BrF4N2/c16-13-2-1-3-14-12(13)8-22(21-14)7-9-4-10(15(18,19)20)6-11(17)5-9/h1-6,8H,7H2. The molecule has 1 heterocycles. The zero-order valence-corrected chi connectivity index (χ0v) is 12.6. The molecule has 3 aromatic rings. The van der Waals surface area contributed by atoms with Gasteiger partial charge in [-0.15, -0.1) is 0 Å². The topological polar surface area (TPSA) is 17.8 Å². The van der Waals surface area contributed by atoms with Gasteiger partial charge in [0.25, 0.3) is 0 Å². The number of rotatable bonds is 2. The van der Waals surface area contributed by atoms with Crippen molar-refractivity contribution in [3.8, 4) is 0 Å². The predicted molar refractivity (Wildman–Crippen MR) is 77.9 cm³/mol. The van der Waals surface area contributed by atoms with E-state index < -0.39 is 17.6 Å². The fourth-order valence-electron chi connectivity index (χ4n) is 2.23. The molecule has 0 aliphatic rings. The number of benzene rings is 2. The van der Waals surface area contributed by atoms with E-state index in [2.05, 4.69) is 21.0 Å². The van der Waals surface area contributed by atoms with Gasteiger partial charge in [-0.25, -0.2) is 4.39 Å². The molecule has 2 aromatic carbocycles. The number of fused-ring (bicyclic) bond motifs is 1. The second-order valence-corrected chi connectivity index (χ2v) is 5.70. The molecule has 2 nitrogen and oxygen atoms in total. The lowest BCUT2D eigenvalue weighted by atomic mass is 10.1. The third kappa shape index (κ3) is 2.99. The first-order valence-electron chi connectivity index (χ1n) is 6.31. The molecule has 0 radical (unpaired) electrons. The molecule has 0 spiro atoms. The van der Waals surface area contributed by atoms with Crippen LogP contribution < -0.4 is 0 Å². The molecular formula is C15H9BrF4N2. The molecule has 0 aliphatic heterocycles. The fourth-order valence-corrected chi connectivity index (χ4v) is 2.69. The van der Waals surface area contributed by atoms with Gasteiger partial charge in [-0.05, 0) is 35.9 Å². The number of halogens is 5. The van der Waals surface area contributed by atoms with Crippen LogP contribution in [0.4, 0.5) is 17.6 Å². The van der Waals surface area contributed by atoms with Crippen molar-refractivity contribution in [2.75, 3.05) is 0 Å². The van der Waals surface area contributed by atoms with E-state index in [0.717, 1.165) is 22.0 Å². The van der Waals surface area contributed by atoms with Gasteiger partial charge < -0.3 is 0 Å². The molecule has 0 amide bonds. The van der Waals surface area contributed by atoms with Crippen LogP contribution in [0.25, 0.3) is 10.9 Å². The highest BCUT2D eigenvalue weighted by atomic mass is 79.9. The molecule has 0 saturated carbocycles. The molecular weight excluding hydrogens is 364 g/mol. The Morgan fingerprint density at radius 3 is 2.59 bits per heavy atom. The molecule has 114 valence electrons. The Bertz CT molecular complexity index is 839. The van der Waals surface area contributed by atoms with E-state index in [1.165, 1.54) is 4.68 Å². The highest BCUT2D eigenvalue weighted by molar-refractivity contribution is 9.10. The van der Waals surface area contributed by atoms with Crippen molar-refractivity contribution < 1.29 is 17.6 Å². The fraction of sp³-hybridized carbons (Fsp3) is 0.133. The van der Waals surface area contributed by atoms with Gasteiger partial charge in [0.15, 0.2) is 0 Å². The largest absolute Gasteiger partial charge is 0.416 e. The van der Waals surface area contributed by atoms with E-state index in [4.69, 9.17) is 0 Å². The van der Waals surface area contributed by atoms with E-state index in [1.54, 1.807) is 12.3 Å². The maximum atomic E-state index is 13.4.